The van der Waals surface area contributed by atoms with Crippen LogP contribution in [0.5, 0.6) is 0 Å². The summed E-state index contributed by atoms with van der Waals surface area (Å²) < 4.78 is 23.6. The molecule has 3 rings (SSSR count). The Hall–Kier alpha value is -1.81. The quantitative estimate of drug-likeness (QED) is 0.273. The number of methoxy groups -OCH3 is 1. The summed E-state index contributed by atoms with van der Waals surface area (Å²) in [7, 11) is 1.68. The fraction of sp³-hybridized carbons (Fsp3) is 0.450. The number of hydrogen-bond donors (Lipinski definition) is 1. The van der Waals surface area contributed by atoms with E-state index in [0.717, 1.165) is 56.6 Å². The zero-order valence-electron chi connectivity index (χ0n) is 16.1. The van der Waals surface area contributed by atoms with Crippen LogP contribution in [-0.2, 0) is 11.2 Å². The Morgan fingerprint density at radius 1 is 1.18 bits per heavy atom. The third-order valence-electron chi connectivity index (χ3n) is 4.56. The number of benzene rings is 1. The van der Waals surface area contributed by atoms with Gasteiger partial charge in [-0.05, 0) is 36.4 Å². The summed E-state index contributed by atoms with van der Waals surface area (Å²) in [4.78, 5) is 9.20. The molecule has 0 spiro atoms. The number of rotatable bonds is 7. The third kappa shape index (κ3) is 6.66. The minimum Gasteiger partial charge on any atom is -0.469 e. The number of anilines is 1. The molecule has 154 valence electrons. The van der Waals surface area contributed by atoms with Crippen molar-refractivity contribution in [1.29, 1.82) is 0 Å². The van der Waals surface area contributed by atoms with Crippen LogP contribution < -0.4 is 10.2 Å². The minimum absolute atomic E-state index is 0. The number of furan rings is 1. The van der Waals surface area contributed by atoms with E-state index in [2.05, 4.69) is 20.1 Å². The molecular formula is C20H28FIN4O2. The van der Waals surface area contributed by atoms with E-state index in [-0.39, 0.29) is 29.8 Å². The second kappa shape index (κ2) is 11.9. The van der Waals surface area contributed by atoms with Crippen molar-refractivity contribution in [2.24, 2.45) is 4.99 Å². The molecule has 1 aliphatic heterocycles. The van der Waals surface area contributed by atoms with Gasteiger partial charge in [-0.15, -0.1) is 24.0 Å². The van der Waals surface area contributed by atoms with Crippen molar-refractivity contribution < 1.29 is 13.5 Å². The van der Waals surface area contributed by atoms with Crippen molar-refractivity contribution in [3.05, 3.63) is 54.2 Å². The maximum absolute atomic E-state index is 13.1. The van der Waals surface area contributed by atoms with E-state index >= 15 is 0 Å². The normalized spacial score (nSPS) is 14.7. The second-order valence-electron chi connectivity index (χ2n) is 6.40. The van der Waals surface area contributed by atoms with Gasteiger partial charge in [-0.2, -0.15) is 0 Å². The molecule has 0 bridgehead atoms. The Bertz CT molecular complexity index is 702. The Morgan fingerprint density at radius 3 is 2.57 bits per heavy atom. The molecule has 8 heteroatoms. The molecule has 0 unspecified atom stereocenters. The summed E-state index contributed by atoms with van der Waals surface area (Å²) in [5.74, 6) is 1.66. The van der Waals surface area contributed by atoms with E-state index < -0.39 is 0 Å². The number of nitrogens with one attached hydrogen (secondary N) is 1. The highest BCUT2D eigenvalue weighted by Crippen LogP contribution is 2.17. The molecule has 1 saturated heterocycles. The van der Waals surface area contributed by atoms with Crippen molar-refractivity contribution in [3.8, 4) is 0 Å². The van der Waals surface area contributed by atoms with E-state index in [4.69, 9.17) is 9.15 Å². The molecule has 0 saturated carbocycles. The van der Waals surface area contributed by atoms with Gasteiger partial charge in [-0.25, -0.2) is 4.39 Å². The molecule has 0 aliphatic carbocycles. The van der Waals surface area contributed by atoms with Crippen LogP contribution in [-0.4, -0.2) is 63.8 Å². The summed E-state index contributed by atoms with van der Waals surface area (Å²) in [5, 5.41) is 3.44. The average Bonchev–Trinajstić information content (AvgIpc) is 3.21. The maximum Gasteiger partial charge on any atom is 0.194 e. The number of piperazine rings is 1. The van der Waals surface area contributed by atoms with Gasteiger partial charge >= 0.3 is 0 Å². The Labute approximate surface area is 182 Å². The van der Waals surface area contributed by atoms with E-state index in [9.17, 15) is 4.39 Å². The predicted octanol–water partition coefficient (Wildman–Crippen LogP) is 2.99. The van der Waals surface area contributed by atoms with Crippen molar-refractivity contribution in [2.45, 2.75) is 6.42 Å². The predicted molar refractivity (Wildman–Crippen MR) is 120 cm³/mol. The summed E-state index contributed by atoms with van der Waals surface area (Å²) in [6.07, 6.45) is 2.50. The van der Waals surface area contributed by atoms with E-state index in [1.807, 2.05) is 24.3 Å². The molecule has 0 amide bonds. The smallest absolute Gasteiger partial charge is 0.194 e. The van der Waals surface area contributed by atoms with E-state index in [1.54, 1.807) is 13.4 Å². The van der Waals surface area contributed by atoms with Crippen LogP contribution in [0.3, 0.4) is 0 Å². The summed E-state index contributed by atoms with van der Waals surface area (Å²) in [5.41, 5.74) is 1.06. The number of ether oxygens (including phenoxy) is 1. The fourth-order valence-electron chi connectivity index (χ4n) is 3.09. The Kier molecular flexibility index (Phi) is 9.56. The number of nitrogens with zero attached hydrogens (tertiary/aromatic N) is 3. The van der Waals surface area contributed by atoms with Gasteiger partial charge in [0.2, 0.25) is 0 Å². The van der Waals surface area contributed by atoms with E-state index in [0.29, 0.717) is 13.2 Å². The zero-order chi connectivity index (χ0) is 18.9. The molecule has 1 fully saturated rings. The molecule has 2 aromatic rings. The van der Waals surface area contributed by atoms with Crippen molar-refractivity contribution in [3.63, 3.8) is 0 Å². The largest absolute Gasteiger partial charge is 0.469 e. The van der Waals surface area contributed by atoms with Crippen molar-refractivity contribution >= 4 is 35.6 Å². The molecule has 28 heavy (non-hydrogen) atoms. The van der Waals surface area contributed by atoms with Crippen LogP contribution in [0.1, 0.15) is 5.76 Å². The molecule has 6 nitrogen and oxygen atoms in total. The Balaban J connectivity index is 0.00000280. The molecular weight excluding hydrogens is 474 g/mol. The standard InChI is InChI=1S/C20H27FN4O2.HI/c1-26-16-10-23-20(22-9-8-19-3-2-15-27-19)25-13-11-24(12-14-25)18-6-4-17(21)5-7-18;/h2-7,15H,8-14,16H2,1H3,(H,22,23);1H. The van der Waals surface area contributed by atoms with Crippen LogP contribution >= 0.6 is 24.0 Å². The number of guanidine groups is 1. The lowest BCUT2D eigenvalue weighted by Crippen LogP contribution is -2.53. The fourth-order valence-corrected chi connectivity index (χ4v) is 3.09. The molecule has 1 aromatic heterocycles. The first-order chi connectivity index (χ1) is 13.3. The first-order valence-electron chi connectivity index (χ1n) is 9.31. The molecule has 0 atom stereocenters. The van der Waals surface area contributed by atoms with Gasteiger partial charge in [-0.3, -0.25) is 4.99 Å². The number of aliphatic imine (C=N–C) groups is 1. The zero-order valence-corrected chi connectivity index (χ0v) is 18.5. The number of hydrogen-bond acceptors (Lipinski definition) is 4. The molecule has 2 heterocycles. The average molecular weight is 502 g/mol. The topological polar surface area (TPSA) is 53.2 Å². The van der Waals surface area contributed by atoms with Crippen LogP contribution in [0, 0.1) is 5.82 Å². The summed E-state index contributed by atoms with van der Waals surface area (Å²) in [6.45, 7) is 5.44. The third-order valence-corrected chi connectivity index (χ3v) is 4.56. The highest BCUT2D eigenvalue weighted by Gasteiger charge is 2.20. The molecule has 1 N–H and O–H groups in total. The van der Waals surface area contributed by atoms with Crippen LogP contribution in [0.15, 0.2) is 52.1 Å². The first-order valence-corrected chi connectivity index (χ1v) is 9.31. The molecule has 1 aromatic carbocycles. The van der Waals surface area contributed by atoms with Crippen LogP contribution in [0.4, 0.5) is 10.1 Å². The van der Waals surface area contributed by atoms with Gasteiger partial charge in [0.15, 0.2) is 5.96 Å². The van der Waals surface area contributed by atoms with Crippen molar-refractivity contribution in [1.82, 2.24) is 10.2 Å². The maximum atomic E-state index is 13.1. The van der Waals surface area contributed by atoms with Gasteiger partial charge in [0.05, 0.1) is 19.4 Å². The Morgan fingerprint density at radius 2 is 1.93 bits per heavy atom. The van der Waals surface area contributed by atoms with Gasteiger partial charge < -0.3 is 24.3 Å². The van der Waals surface area contributed by atoms with Gasteiger partial charge in [-0.1, -0.05) is 0 Å². The van der Waals surface area contributed by atoms with E-state index in [1.165, 1.54) is 12.1 Å². The number of halogens is 2. The van der Waals surface area contributed by atoms with Crippen LogP contribution in [0.25, 0.3) is 0 Å². The second-order valence-corrected chi connectivity index (χ2v) is 6.40. The first kappa shape index (κ1) is 22.5. The minimum atomic E-state index is -0.203. The molecule has 0 radical (unpaired) electrons. The highest BCUT2D eigenvalue weighted by atomic mass is 127. The summed E-state index contributed by atoms with van der Waals surface area (Å²) in [6, 6.07) is 10.6. The van der Waals surface area contributed by atoms with Gasteiger partial charge in [0.25, 0.3) is 0 Å². The lowest BCUT2D eigenvalue weighted by Gasteiger charge is -2.37. The SMILES string of the molecule is COCCN=C(NCCc1ccco1)N1CCN(c2ccc(F)cc2)CC1.I. The summed E-state index contributed by atoms with van der Waals surface area (Å²) >= 11 is 0. The lowest BCUT2D eigenvalue weighted by molar-refractivity contribution is 0.207. The van der Waals surface area contributed by atoms with Crippen molar-refractivity contribution in [2.75, 3.05) is 57.9 Å². The monoisotopic (exact) mass is 502 g/mol. The highest BCUT2D eigenvalue weighted by molar-refractivity contribution is 14.0. The van der Waals surface area contributed by atoms with Crippen LogP contribution in [0.2, 0.25) is 0 Å². The van der Waals surface area contributed by atoms with Gasteiger partial charge in [0.1, 0.15) is 11.6 Å². The van der Waals surface area contributed by atoms with Gasteiger partial charge in [0, 0.05) is 51.9 Å². The molecule has 1 aliphatic rings. The lowest BCUT2D eigenvalue weighted by atomic mass is 10.2.